The topological polar surface area (TPSA) is 21.9 Å². The summed E-state index contributed by atoms with van der Waals surface area (Å²) in [6, 6.07) is 0. The third-order valence-corrected chi connectivity index (χ3v) is 2.77. The zero-order valence-corrected chi connectivity index (χ0v) is 6.56. The molecule has 0 aromatic carbocycles. The molecule has 56 valence electrons. The van der Waals surface area contributed by atoms with E-state index in [0.717, 1.165) is 11.8 Å². The van der Waals surface area contributed by atoms with Crippen LogP contribution in [0.4, 0.5) is 0 Å². The highest BCUT2D eigenvalue weighted by Gasteiger charge is 2.24. The summed E-state index contributed by atoms with van der Waals surface area (Å²) in [7, 11) is 0. The monoisotopic (exact) mass is 137 g/mol. The maximum Gasteiger partial charge on any atom is 0.0341 e. The lowest BCUT2D eigenvalue weighted by Crippen LogP contribution is -2.12. The smallest absolute Gasteiger partial charge is 0.0341 e. The van der Waals surface area contributed by atoms with Crippen molar-refractivity contribution in [2.24, 2.45) is 11.8 Å². The van der Waals surface area contributed by atoms with Crippen molar-refractivity contribution in [3.63, 3.8) is 0 Å². The van der Waals surface area contributed by atoms with E-state index in [1.165, 1.54) is 31.4 Å². The van der Waals surface area contributed by atoms with Gasteiger partial charge in [0.25, 0.3) is 0 Å². The molecule has 0 aromatic heterocycles. The van der Waals surface area contributed by atoms with Gasteiger partial charge >= 0.3 is 0 Å². The molecule has 1 aliphatic heterocycles. The first kappa shape index (κ1) is 6.26. The van der Waals surface area contributed by atoms with Gasteiger partial charge < -0.3 is 5.32 Å². The van der Waals surface area contributed by atoms with Gasteiger partial charge in [-0.05, 0) is 18.8 Å². The van der Waals surface area contributed by atoms with Gasteiger partial charge in [-0.25, -0.2) is 0 Å². The van der Waals surface area contributed by atoms with Crippen molar-refractivity contribution in [2.45, 2.75) is 32.6 Å². The molecule has 1 heterocycles. The van der Waals surface area contributed by atoms with Crippen molar-refractivity contribution in [3.8, 4) is 0 Å². The third kappa shape index (κ3) is 1.18. The van der Waals surface area contributed by atoms with Crippen molar-refractivity contribution in [1.29, 1.82) is 0 Å². The predicted molar refractivity (Wildman–Crippen MR) is 42.3 cm³/mol. The largest absolute Gasteiger partial charge is 0.362 e. The van der Waals surface area contributed by atoms with Gasteiger partial charge in [0.05, 0.1) is 0 Å². The van der Waals surface area contributed by atoms with Crippen LogP contribution in [0.1, 0.15) is 32.6 Å². The Morgan fingerprint density at radius 2 is 1.90 bits per heavy atom. The Balaban J connectivity index is 1.85. The minimum atomic E-state index is 0.899. The Bertz CT molecular complexity index is 152. The highest BCUT2D eigenvalue weighted by molar-refractivity contribution is 5.19. The average molecular weight is 137 g/mol. The molecule has 0 saturated heterocycles. The molecule has 0 aromatic rings. The molecule has 0 radical (unpaired) electrons. The fraction of sp³-hybridized carbons (Fsp3) is 0.778. The van der Waals surface area contributed by atoms with Crippen LogP contribution in [0.15, 0.2) is 11.9 Å². The number of allylic oxidation sites excluding steroid dienone is 1. The van der Waals surface area contributed by atoms with Gasteiger partial charge in [-0.2, -0.15) is 0 Å². The normalized spacial score (nSPS) is 38.3. The summed E-state index contributed by atoms with van der Waals surface area (Å²) in [6.45, 7) is 2.37. The molecule has 1 saturated carbocycles. The molecule has 2 rings (SSSR count). The minimum Gasteiger partial charge on any atom is -0.362 e. The van der Waals surface area contributed by atoms with Crippen molar-refractivity contribution < 1.29 is 0 Å². The van der Waals surface area contributed by atoms with E-state index in [4.69, 9.17) is 0 Å². The van der Waals surface area contributed by atoms with Crippen LogP contribution in [0.2, 0.25) is 0 Å². The van der Waals surface area contributed by atoms with Crippen molar-refractivity contribution >= 4 is 0 Å². The maximum absolute atomic E-state index is 3.21. The molecule has 1 N–H and O–H groups in total. The van der Waals surface area contributed by atoms with E-state index in [0.29, 0.717) is 0 Å². The second-order valence-electron chi connectivity index (χ2n) is 3.70. The summed E-state index contributed by atoms with van der Waals surface area (Å²) in [5.41, 5.74) is 1.52. The molecule has 1 heteroatoms. The highest BCUT2D eigenvalue weighted by atomic mass is 15.0. The van der Waals surface area contributed by atoms with Gasteiger partial charge in [-0.1, -0.05) is 19.8 Å². The van der Waals surface area contributed by atoms with Gasteiger partial charge in [-0.3, -0.25) is 0 Å². The van der Waals surface area contributed by atoms with Gasteiger partial charge in [0.2, 0.25) is 0 Å². The second-order valence-corrected chi connectivity index (χ2v) is 3.70. The van der Waals surface area contributed by atoms with Crippen LogP contribution in [0.25, 0.3) is 0 Å². The van der Waals surface area contributed by atoms with Gasteiger partial charge in [0, 0.05) is 17.8 Å². The van der Waals surface area contributed by atoms with Crippen molar-refractivity contribution in [2.75, 3.05) is 0 Å². The first-order valence-electron chi connectivity index (χ1n) is 4.33. The molecule has 10 heavy (non-hydrogen) atoms. The first-order chi connectivity index (χ1) is 4.86. The Hall–Kier alpha value is -0.460. The van der Waals surface area contributed by atoms with Crippen LogP contribution >= 0.6 is 0 Å². The quantitative estimate of drug-likeness (QED) is 0.588. The summed E-state index contributed by atoms with van der Waals surface area (Å²) in [4.78, 5) is 0. The molecule has 2 aliphatic rings. The molecule has 1 nitrogen and oxygen atoms in total. The molecule has 0 bridgehead atoms. The Kier molecular flexibility index (Phi) is 1.44. The average Bonchev–Trinajstić information content (AvgIpc) is 2.71. The number of hydrogen-bond acceptors (Lipinski definition) is 1. The first-order valence-corrected chi connectivity index (χ1v) is 4.33. The third-order valence-electron chi connectivity index (χ3n) is 2.77. The zero-order valence-electron chi connectivity index (χ0n) is 6.56. The fourth-order valence-electron chi connectivity index (χ4n) is 1.85. The molecule has 0 unspecified atom stereocenters. The van der Waals surface area contributed by atoms with Gasteiger partial charge in [-0.15, -0.1) is 0 Å². The maximum atomic E-state index is 3.21. The van der Waals surface area contributed by atoms with Gasteiger partial charge in [0.1, 0.15) is 0 Å². The lowest BCUT2D eigenvalue weighted by Gasteiger charge is -2.23. The van der Waals surface area contributed by atoms with Crippen LogP contribution in [0.5, 0.6) is 0 Å². The molecular formula is C9H15N. The van der Waals surface area contributed by atoms with E-state index in [1.54, 1.807) is 0 Å². The lowest BCUT2D eigenvalue weighted by atomic mass is 9.82. The van der Waals surface area contributed by atoms with Crippen LogP contribution in [0.3, 0.4) is 0 Å². The number of rotatable bonds is 1. The summed E-state index contributed by atoms with van der Waals surface area (Å²) in [5, 5.41) is 3.21. The zero-order chi connectivity index (χ0) is 6.97. The van der Waals surface area contributed by atoms with Crippen molar-refractivity contribution in [3.05, 3.63) is 11.9 Å². The Morgan fingerprint density at radius 1 is 1.30 bits per heavy atom. The minimum absolute atomic E-state index is 0.899. The van der Waals surface area contributed by atoms with Crippen LogP contribution in [0, 0.1) is 11.8 Å². The van der Waals surface area contributed by atoms with E-state index in [2.05, 4.69) is 18.4 Å². The molecule has 0 amide bonds. The summed E-state index contributed by atoms with van der Waals surface area (Å²) in [6.07, 6.45) is 7.86. The van der Waals surface area contributed by atoms with Crippen LogP contribution in [-0.4, -0.2) is 0 Å². The Labute approximate surface area is 62.5 Å². The van der Waals surface area contributed by atoms with Gasteiger partial charge in [0.15, 0.2) is 0 Å². The highest BCUT2D eigenvalue weighted by Crippen LogP contribution is 2.34. The molecule has 1 fully saturated rings. The van der Waals surface area contributed by atoms with E-state index in [9.17, 15) is 0 Å². The number of nitrogens with one attached hydrogen (secondary N) is 1. The van der Waals surface area contributed by atoms with E-state index >= 15 is 0 Å². The fourth-order valence-corrected chi connectivity index (χ4v) is 1.85. The SMILES string of the molecule is CC1CCC(C2=CN2)CC1. The summed E-state index contributed by atoms with van der Waals surface area (Å²) < 4.78 is 0. The lowest BCUT2D eigenvalue weighted by molar-refractivity contribution is 0.322. The van der Waals surface area contributed by atoms with E-state index in [1.807, 2.05) is 0 Å². The van der Waals surface area contributed by atoms with Crippen LogP contribution in [-0.2, 0) is 0 Å². The van der Waals surface area contributed by atoms with Crippen molar-refractivity contribution in [1.82, 2.24) is 5.32 Å². The molecular weight excluding hydrogens is 122 g/mol. The van der Waals surface area contributed by atoms with E-state index < -0.39 is 0 Å². The Morgan fingerprint density at radius 3 is 2.40 bits per heavy atom. The van der Waals surface area contributed by atoms with Crippen LogP contribution < -0.4 is 5.32 Å². The molecule has 1 aliphatic carbocycles. The second kappa shape index (κ2) is 2.30. The number of hydrogen-bond donors (Lipinski definition) is 1. The summed E-state index contributed by atoms with van der Waals surface area (Å²) in [5.74, 6) is 1.88. The predicted octanol–water partition coefficient (Wildman–Crippen LogP) is 2.26. The molecule has 0 atom stereocenters. The van der Waals surface area contributed by atoms with E-state index in [-0.39, 0.29) is 0 Å². The standard InChI is InChI=1S/C9H15N/c1-7-2-4-8(5-3-7)9-6-10-9/h6-8,10H,2-5H2,1H3. The molecule has 0 spiro atoms. The summed E-state index contributed by atoms with van der Waals surface area (Å²) >= 11 is 0.